The molecule has 0 bridgehead atoms. The van der Waals surface area contributed by atoms with Gasteiger partial charge in [0.1, 0.15) is 0 Å². The first-order valence-electron chi connectivity index (χ1n) is 6.91. The monoisotopic (exact) mass is 293 g/mol. The van der Waals surface area contributed by atoms with Gasteiger partial charge in [-0.2, -0.15) is 0 Å². The third kappa shape index (κ3) is 3.30. The highest BCUT2D eigenvalue weighted by molar-refractivity contribution is 5.79. The third-order valence-corrected chi connectivity index (χ3v) is 3.83. The fourth-order valence-electron chi connectivity index (χ4n) is 2.70. The molecule has 2 rings (SSSR count). The fraction of sp³-hybridized carbons (Fsp3) is 0.500. The molecule has 1 aromatic carbocycles. The van der Waals surface area contributed by atoms with E-state index in [0.717, 1.165) is 25.1 Å². The van der Waals surface area contributed by atoms with E-state index in [4.69, 9.17) is 0 Å². The van der Waals surface area contributed by atoms with Crippen molar-refractivity contribution in [3.8, 4) is 0 Å². The Kier molecular flexibility index (Phi) is 4.74. The van der Waals surface area contributed by atoms with Crippen molar-refractivity contribution in [2.24, 2.45) is 5.92 Å². The number of carbonyl (C=O) groups is 1. The molecule has 1 fully saturated rings. The van der Waals surface area contributed by atoms with Gasteiger partial charge in [0.15, 0.2) is 0 Å². The summed E-state index contributed by atoms with van der Waals surface area (Å²) >= 11 is 0. The van der Waals surface area contributed by atoms with Crippen molar-refractivity contribution < 1.29 is 14.8 Å². The van der Waals surface area contributed by atoms with Crippen LogP contribution in [-0.4, -0.2) is 36.1 Å². The van der Waals surface area contributed by atoms with Gasteiger partial charge < -0.3 is 15.3 Å². The summed E-state index contributed by atoms with van der Waals surface area (Å²) < 4.78 is 0. The Hall–Kier alpha value is -2.15. The number of rotatable bonds is 4. The molecule has 1 atom stereocenters. The smallest absolute Gasteiger partial charge is 0.275 e. The molecular weight excluding hydrogens is 274 g/mol. The number of piperidine rings is 1. The first-order chi connectivity index (χ1) is 10.1. The Morgan fingerprint density at radius 3 is 2.95 bits per heavy atom. The molecule has 2 N–H and O–H groups in total. The summed E-state index contributed by atoms with van der Waals surface area (Å²) in [6, 6.07) is 4.71. The van der Waals surface area contributed by atoms with E-state index >= 15 is 0 Å². The second-order valence-corrected chi connectivity index (χ2v) is 5.13. The molecule has 1 aliphatic rings. The predicted molar refractivity (Wildman–Crippen MR) is 78.0 cm³/mol. The van der Waals surface area contributed by atoms with Crippen LogP contribution in [0.5, 0.6) is 0 Å². The van der Waals surface area contributed by atoms with E-state index in [1.165, 1.54) is 6.07 Å². The van der Waals surface area contributed by atoms with Crippen molar-refractivity contribution >= 4 is 17.3 Å². The van der Waals surface area contributed by atoms with Crippen LogP contribution in [0.25, 0.3) is 0 Å². The number of anilines is 1. The van der Waals surface area contributed by atoms with E-state index in [9.17, 15) is 20.0 Å². The maximum atomic E-state index is 11.7. The Balaban J connectivity index is 2.21. The molecule has 1 aliphatic heterocycles. The minimum Gasteiger partial charge on any atom is -0.391 e. The Labute approximate surface area is 122 Å². The van der Waals surface area contributed by atoms with E-state index < -0.39 is 4.92 Å². The maximum Gasteiger partial charge on any atom is 0.275 e. The van der Waals surface area contributed by atoms with Crippen molar-refractivity contribution in [3.63, 3.8) is 0 Å². The number of aliphatic hydroxyl groups excluding tert-OH is 1. The second-order valence-electron chi connectivity index (χ2n) is 5.13. The molecule has 1 unspecified atom stereocenters. The van der Waals surface area contributed by atoms with Crippen molar-refractivity contribution in [1.29, 1.82) is 0 Å². The van der Waals surface area contributed by atoms with Crippen molar-refractivity contribution in [2.75, 3.05) is 25.0 Å². The minimum absolute atomic E-state index is 0.0176. The number of nitro groups is 1. The van der Waals surface area contributed by atoms with Crippen molar-refractivity contribution in [2.45, 2.75) is 19.4 Å². The molecule has 114 valence electrons. The molecule has 7 nitrogen and oxygen atoms in total. The number of nitrogens with one attached hydrogen (secondary N) is 1. The van der Waals surface area contributed by atoms with Crippen LogP contribution >= 0.6 is 0 Å². The summed E-state index contributed by atoms with van der Waals surface area (Å²) in [5.74, 6) is -0.0551. The molecule has 0 spiro atoms. The van der Waals surface area contributed by atoms with Gasteiger partial charge in [-0.15, -0.1) is 0 Å². The van der Waals surface area contributed by atoms with Crippen LogP contribution in [0.2, 0.25) is 0 Å². The van der Waals surface area contributed by atoms with E-state index in [2.05, 4.69) is 5.32 Å². The van der Waals surface area contributed by atoms with Crippen LogP contribution < -0.4 is 10.2 Å². The number of aliphatic hydroxyl groups is 1. The Bertz CT molecular complexity index is 547. The van der Waals surface area contributed by atoms with Gasteiger partial charge in [-0.1, -0.05) is 0 Å². The number of nitro benzene ring substituents is 1. The minimum atomic E-state index is -0.501. The van der Waals surface area contributed by atoms with E-state index in [1.54, 1.807) is 19.2 Å². The average molecular weight is 293 g/mol. The van der Waals surface area contributed by atoms with Crippen LogP contribution in [-0.2, 0) is 11.4 Å². The average Bonchev–Trinajstić information content (AvgIpc) is 2.53. The number of nitrogens with zero attached hydrogens (tertiary/aromatic N) is 2. The van der Waals surface area contributed by atoms with Gasteiger partial charge >= 0.3 is 0 Å². The summed E-state index contributed by atoms with van der Waals surface area (Å²) in [6.07, 6.45) is 1.74. The van der Waals surface area contributed by atoms with Gasteiger partial charge in [-0.25, -0.2) is 0 Å². The Morgan fingerprint density at radius 1 is 1.57 bits per heavy atom. The standard InChI is InChI=1S/C14H19N3O4/c1-15-14(19)10-3-2-6-16(8-10)12-4-5-13(17(20)21)11(7-12)9-18/h4-5,7,10,18H,2-3,6,8-9H2,1H3,(H,15,19). The van der Waals surface area contributed by atoms with E-state index in [0.29, 0.717) is 12.1 Å². The molecule has 0 aromatic heterocycles. The van der Waals surface area contributed by atoms with Crippen molar-refractivity contribution in [3.05, 3.63) is 33.9 Å². The van der Waals surface area contributed by atoms with Crippen molar-refractivity contribution in [1.82, 2.24) is 5.32 Å². The highest BCUT2D eigenvalue weighted by Crippen LogP contribution is 2.28. The van der Waals surface area contributed by atoms with Crippen LogP contribution in [0.4, 0.5) is 11.4 Å². The van der Waals surface area contributed by atoms with E-state index in [-0.39, 0.29) is 24.1 Å². The summed E-state index contributed by atoms with van der Waals surface area (Å²) in [5.41, 5.74) is 1.01. The second kappa shape index (κ2) is 6.53. The molecule has 1 saturated heterocycles. The lowest BCUT2D eigenvalue weighted by molar-refractivity contribution is -0.385. The first-order valence-corrected chi connectivity index (χ1v) is 6.91. The zero-order valence-electron chi connectivity index (χ0n) is 11.9. The zero-order chi connectivity index (χ0) is 15.4. The molecular formula is C14H19N3O4. The molecule has 0 radical (unpaired) electrons. The SMILES string of the molecule is CNC(=O)C1CCCN(c2ccc([N+](=O)[O-])c(CO)c2)C1. The first kappa shape index (κ1) is 15.2. The summed E-state index contributed by atoms with van der Waals surface area (Å²) in [7, 11) is 1.62. The number of benzene rings is 1. The quantitative estimate of drug-likeness (QED) is 0.639. The van der Waals surface area contributed by atoms with Gasteiger partial charge in [-0.05, 0) is 25.0 Å². The molecule has 1 heterocycles. The summed E-state index contributed by atoms with van der Waals surface area (Å²) in [6.45, 7) is 1.01. The number of carbonyl (C=O) groups excluding carboxylic acids is 1. The normalized spacial score (nSPS) is 18.4. The van der Waals surface area contributed by atoms with E-state index in [1.807, 2.05) is 4.90 Å². The lowest BCUT2D eigenvalue weighted by Gasteiger charge is -2.33. The molecule has 1 aromatic rings. The van der Waals surface area contributed by atoms with Gasteiger partial charge in [0.05, 0.1) is 23.0 Å². The maximum absolute atomic E-state index is 11.7. The van der Waals surface area contributed by atoms with Crippen LogP contribution in [0.3, 0.4) is 0 Å². The molecule has 0 saturated carbocycles. The fourth-order valence-corrected chi connectivity index (χ4v) is 2.70. The van der Waals surface area contributed by atoms with Crippen LogP contribution in [0.1, 0.15) is 18.4 Å². The van der Waals surface area contributed by atoms with Gasteiger partial charge in [0.2, 0.25) is 5.91 Å². The third-order valence-electron chi connectivity index (χ3n) is 3.83. The zero-order valence-corrected chi connectivity index (χ0v) is 11.9. The number of amides is 1. The van der Waals surface area contributed by atoms with Crippen LogP contribution in [0.15, 0.2) is 18.2 Å². The number of hydrogen-bond donors (Lipinski definition) is 2. The van der Waals surface area contributed by atoms with Crippen LogP contribution in [0, 0.1) is 16.0 Å². The van der Waals surface area contributed by atoms with Gasteiger partial charge in [0, 0.05) is 31.9 Å². The molecule has 1 amide bonds. The summed E-state index contributed by atoms with van der Waals surface area (Å²) in [5, 5.41) is 22.8. The molecule has 7 heteroatoms. The van der Waals surface area contributed by atoms with Gasteiger partial charge in [-0.3, -0.25) is 14.9 Å². The predicted octanol–water partition coefficient (Wildman–Crippen LogP) is 1.05. The lowest BCUT2D eigenvalue weighted by Crippen LogP contribution is -2.42. The highest BCUT2D eigenvalue weighted by Gasteiger charge is 2.26. The largest absolute Gasteiger partial charge is 0.391 e. The number of hydrogen-bond acceptors (Lipinski definition) is 5. The Morgan fingerprint density at radius 2 is 2.33 bits per heavy atom. The lowest BCUT2D eigenvalue weighted by atomic mass is 9.96. The highest BCUT2D eigenvalue weighted by atomic mass is 16.6. The topological polar surface area (TPSA) is 95.7 Å². The van der Waals surface area contributed by atoms with Gasteiger partial charge in [0.25, 0.3) is 5.69 Å². The molecule has 21 heavy (non-hydrogen) atoms. The molecule has 0 aliphatic carbocycles. The summed E-state index contributed by atoms with van der Waals surface area (Å²) in [4.78, 5) is 24.2.